The van der Waals surface area contributed by atoms with Crippen molar-refractivity contribution in [3.63, 3.8) is 0 Å². The fourth-order valence-electron chi connectivity index (χ4n) is 1.74. The number of carbonyl (C=O) groups is 1. The molecule has 0 radical (unpaired) electrons. The van der Waals surface area contributed by atoms with Gasteiger partial charge in [0.1, 0.15) is 0 Å². The normalized spacial score (nSPS) is 17.1. The van der Waals surface area contributed by atoms with Crippen molar-refractivity contribution in [1.82, 2.24) is 0 Å². The summed E-state index contributed by atoms with van der Waals surface area (Å²) in [5.74, 6) is -0.0511. The summed E-state index contributed by atoms with van der Waals surface area (Å²) in [6.45, 7) is 6.26. The Balaban J connectivity index is 1.87. The summed E-state index contributed by atoms with van der Waals surface area (Å²) < 4.78 is 5.20. The lowest BCUT2D eigenvalue weighted by atomic mass is 9.89. The van der Waals surface area contributed by atoms with Gasteiger partial charge in [-0.1, -0.05) is 6.92 Å². The molecule has 1 heterocycles. The molecule has 0 unspecified atom stereocenters. The van der Waals surface area contributed by atoms with Crippen molar-refractivity contribution in [2.24, 2.45) is 5.41 Å². The zero-order valence-electron chi connectivity index (χ0n) is 10.2. The fourth-order valence-corrected chi connectivity index (χ4v) is 1.74. The van der Waals surface area contributed by atoms with Crippen LogP contribution in [-0.4, -0.2) is 25.7 Å². The minimum Gasteiger partial charge on any atom is -0.384 e. The van der Waals surface area contributed by atoms with Crippen molar-refractivity contribution < 1.29 is 9.53 Å². The number of hydrogen-bond acceptors (Lipinski definition) is 3. The lowest BCUT2D eigenvalue weighted by molar-refractivity contribution is -0.114. The molecule has 17 heavy (non-hydrogen) atoms. The number of rotatable bonds is 4. The molecule has 1 aliphatic heterocycles. The molecule has 2 rings (SSSR count). The van der Waals surface area contributed by atoms with Crippen LogP contribution in [0.2, 0.25) is 0 Å². The SMILES string of the molecule is CC(=O)Nc1ccc(NCC2(C)COC2)cc1. The maximum absolute atomic E-state index is 10.9. The van der Waals surface area contributed by atoms with Crippen molar-refractivity contribution in [2.75, 3.05) is 30.4 Å². The Morgan fingerprint density at radius 1 is 1.29 bits per heavy atom. The Hall–Kier alpha value is -1.55. The largest absolute Gasteiger partial charge is 0.384 e. The standard InChI is InChI=1S/C13H18N2O2/c1-10(16)15-12-5-3-11(4-6-12)14-7-13(2)8-17-9-13/h3-6,14H,7-9H2,1-2H3,(H,15,16). The van der Waals surface area contributed by atoms with E-state index < -0.39 is 0 Å². The Morgan fingerprint density at radius 2 is 1.88 bits per heavy atom. The van der Waals surface area contributed by atoms with Gasteiger partial charge in [-0.15, -0.1) is 0 Å². The first kappa shape index (κ1) is 11.9. The molecule has 92 valence electrons. The summed E-state index contributed by atoms with van der Waals surface area (Å²) in [7, 11) is 0. The molecule has 1 aromatic rings. The monoisotopic (exact) mass is 234 g/mol. The van der Waals surface area contributed by atoms with Crippen molar-refractivity contribution >= 4 is 17.3 Å². The predicted octanol–water partition coefficient (Wildman–Crippen LogP) is 2.09. The van der Waals surface area contributed by atoms with Crippen LogP contribution in [0.15, 0.2) is 24.3 Å². The van der Waals surface area contributed by atoms with E-state index in [1.807, 2.05) is 24.3 Å². The maximum atomic E-state index is 10.9. The highest BCUT2D eigenvalue weighted by atomic mass is 16.5. The molecule has 0 aliphatic carbocycles. The van der Waals surface area contributed by atoms with Crippen molar-refractivity contribution in [3.8, 4) is 0 Å². The second kappa shape index (κ2) is 4.75. The number of hydrogen-bond donors (Lipinski definition) is 2. The minimum atomic E-state index is -0.0511. The van der Waals surface area contributed by atoms with Crippen molar-refractivity contribution in [1.29, 1.82) is 0 Å². The second-order valence-electron chi connectivity index (χ2n) is 4.92. The summed E-state index contributed by atoms with van der Waals surface area (Å²) in [6.07, 6.45) is 0. The van der Waals surface area contributed by atoms with Crippen LogP contribution in [0.4, 0.5) is 11.4 Å². The third kappa shape index (κ3) is 3.20. The summed E-state index contributed by atoms with van der Waals surface area (Å²) in [5, 5.41) is 6.11. The van der Waals surface area contributed by atoms with Crippen LogP contribution in [-0.2, 0) is 9.53 Å². The minimum absolute atomic E-state index is 0.0511. The third-order valence-electron chi connectivity index (χ3n) is 2.83. The van der Waals surface area contributed by atoms with E-state index in [0.29, 0.717) is 0 Å². The van der Waals surface area contributed by atoms with E-state index in [0.717, 1.165) is 31.1 Å². The van der Waals surface area contributed by atoms with E-state index in [9.17, 15) is 4.79 Å². The van der Waals surface area contributed by atoms with Gasteiger partial charge in [-0.25, -0.2) is 0 Å². The van der Waals surface area contributed by atoms with Crippen LogP contribution in [0.25, 0.3) is 0 Å². The topological polar surface area (TPSA) is 50.4 Å². The van der Waals surface area contributed by atoms with Crippen LogP contribution in [0.3, 0.4) is 0 Å². The molecule has 0 aromatic heterocycles. The first-order chi connectivity index (χ1) is 8.07. The molecule has 4 nitrogen and oxygen atoms in total. The number of ether oxygens (including phenoxy) is 1. The predicted molar refractivity (Wildman–Crippen MR) is 68.2 cm³/mol. The molecule has 2 N–H and O–H groups in total. The van der Waals surface area contributed by atoms with Gasteiger partial charge < -0.3 is 15.4 Å². The number of anilines is 2. The summed E-state index contributed by atoms with van der Waals surface area (Å²) >= 11 is 0. The Bertz CT molecular complexity index is 396. The van der Waals surface area contributed by atoms with E-state index in [-0.39, 0.29) is 11.3 Å². The molecule has 0 bridgehead atoms. The van der Waals surface area contributed by atoms with Crippen LogP contribution >= 0.6 is 0 Å². The lowest BCUT2D eigenvalue weighted by Gasteiger charge is -2.38. The van der Waals surface area contributed by atoms with Gasteiger partial charge in [-0.2, -0.15) is 0 Å². The summed E-state index contributed by atoms with van der Waals surface area (Å²) in [6, 6.07) is 7.72. The molecule has 0 atom stereocenters. The van der Waals surface area contributed by atoms with Gasteiger partial charge in [0.15, 0.2) is 0 Å². The van der Waals surface area contributed by atoms with Gasteiger partial charge in [0.25, 0.3) is 0 Å². The lowest BCUT2D eigenvalue weighted by Crippen LogP contribution is -2.45. The van der Waals surface area contributed by atoms with Gasteiger partial charge in [-0.05, 0) is 24.3 Å². The van der Waals surface area contributed by atoms with Crippen LogP contribution in [0.1, 0.15) is 13.8 Å². The van der Waals surface area contributed by atoms with Gasteiger partial charge >= 0.3 is 0 Å². The summed E-state index contributed by atoms with van der Waals surface area (Å²) in [5.41, 5.74) is 2.14. The van der Waals surface area contributed by atoms with E-state index >= 15 is 0 Å². The number of carbonyl (C=O) groups excluding carboxylic acids is 1. The van der Waals surface area contributed by atoms with E-state index in [1.165, 1.54) is 6.92 Å². The highest BCUT2D eigenvalue weighted by molar-refractivity contribution is 5.88. The Labute approximate surface area is 101 Å². The number of benzene rings is 1. The Morgan fingerprint density at radius 3 is 2.35 bits per heavy atom. The van der Waals surface area contributed by atoms with E-state index in [1.54, 1.807) is 0 Å². The second-order valence-corrected chi connectivity index (χ2v) is 4.92. The molecule has 1 amide bonds. The van der Waals surface area contributed by atoms with E-state index in [2.05, 4.69) is 17.6 Å². The zero-order valence-corrected chi connectivity index (χ0v) is 10.2. The maximum Gasteiger partial charge on any atom is 0.221 e. The highest BCUT2D eigenvalue weighted by Crippen LogP contribution is 2.26. The third-order valence-corrected chi connectivity index (χ3v) is 2.83. The average molecular weight is 234 g/mol. The zero-order chi connectivity index (χ0) is 12.3. The molecule has 1 fully saturated rings. The molecule has 1 aromatic carbocycles. The Kier molecular flexibility index (Phi) is 3.33. The molecule has 4 heteroatoms. The fraction of sp³-hybridized carbons (Fsp3) is 0.462. The molecule has 1 aliphatic rings. The highest BCUT2D eigenvalue weighted by Gasteiger charge is 2.32. The van der Waals surface area contributed by atoms with Crippen LogP contribution in [0.5, 0.6) is 0 Å². The smallest absolute Gasteiger partial charge is 0.221 e. The van der Waals surface area contributed by atoms with Gasteiger partial charge in [-0.3, -0.25) is 4.79 Å². The molecule has 0 saturated carbocycles. The van der Waals surface area contributed by atoms with E-state index in [4.69, 9.17) is 4.74 Å². The summed E-state index contributed by atoms with van der Waals surface area (Å²) in [4.78, 5) is 10.9. The molecule has 0 spiro atoms. The number of amides is 1. The average Bonchev–Trinajstić information content (AvgIpc) is 2.25. The van der Waals surface area contributed by atoms with Gasteiger partial charge in [0, 0.05) is 30.3 Å². The van der Waals surface area contributed by atoms with Crippen molar-refractivity contribution in [3.05, 3.63) is 24.3 Å². The quantitative estimate of drug-likeness (QED) is 0.838. The number of nitrogens with one attached hydrogen (secondary N) is 2. The molecular weight excluding hydrogens is 216 g/mol. The van der Waals surface area contributed by atoms with Crippen molar-refractivity contribution in [2.45, 2.75) is 13.8 Å². The molecular formula is C13H18N2O2. The first-order valence-electron chi connectivity index (χ1n) is 5.77. The van der Waals surface area contributed by atoms with Gasteiger partial charge in [0.05, 0.1) is 13.2 Å². The van der Waals surface area contributed by atoms with Gasteiger partial charge in [0.2, 0.25) is 5.91 Å². The van der Waals surface area contributed by atoms with Crippen LogP contribution in [0, 0.1) is 5.41 Å². The van der Waals surface area contributed by atoms with Crippen LogP contribution < -0.4 is 10.6 Å². The molecule has 1 saturated heterocycles. The first-order valence-corrected chi connectivity index (χ1v) is 5.77.